The van der Waals surface area contributed by atoms with E-state index < -0.39 is 0 Å². The monoisotopic (exact) mass is 207 g/mol. The van der Waals surface area contributed by atoms with Crippen LogP contribution in [0.5, 0.6) is 0 Å². The van der Waals surface area contributed by atoms with E-state index in [0.29, 0.717) is 0 Å². The van der Waals surface area contributed by atoms with Crippen LogP contribution in [0.1, 0.15) is 31.7 Å². The lowest BCUT2D eigenvalue weighted by molar-refractivity contribution is 0.132. The fourth-order valence-electron chi connectivity index (χ4n) is 1.65. The van der Waals surface area contributed by atoms with Crippen LogP contribution in [0.4, 0.5) is 0 Å². The van der Waals surface area contributed by atoms with Gasteiger partial charge in [0.05, 0.1) is 6.10 Å². The minimum Gasteiger partial charge on any atom is -0.392 e. The molecule has 0 aromatic heterocycles. The van der Waals surface area contributed by atoms with Gasteiger partial charge in [-0.05, 0) is 18.4 Å². The normalized spacial score (nSPS) is 14.9. The minimum atomic E-state index is -0.370. The molecule has 1 rings (SSSR count). The fraction of sp³-hybridized carbons (Fsp3) is 0.538. The van der Waals surface area contributed by atoms with E-state index in [2.05, 4.69) is 6.92 Å². The molecule has 2 atom stereocenters. The Balaban J connectivity index is 2.38. The second-order valence-corrected chi connectivity index (χ2v) is 4.06. The standard InChI is InChI=1S/C13H21NO/c1-2-3-9-13(15)12(14)10-11-7-5-4-6-8-11/h4-8,12-13,15H,2-3,9-10,14H2,1H3/t12-,13-/m0/s1. The average Bonchev–Trinajstić information content (AvgIpc) is 2.27. The molecule has 0 amide bonds. The molecule has 0 aliphatic heterocycles. The van der Waals surface area contributed by atoms with Crippen LogP contribution in [0.25, 0.3) is 0 Å². The molecule has 0 aliphatic rings. The van der Waals surface area contributed by atoms with Crippen molar-refractivity contribution in [1.82, 2.24) is 0 Å². The molecule has 1 aromatic rings. The van der Waals surface area contributed by atoms with E-state index in [1.807, 2.05) is 30.3 Å². The Morgan fingerprint density at radius 3 is 2.53 bits per heavy atom. The first-order valence-corrected chi connectivity index (χ1v) is 5.71. The molecule has 0 radical (unpaired) electrons. The molecule has 0 heterocycles. The third kappa shape index (κ3) is 4.45. The van der Waals surface area contributed by atoms with Gasteiger partial charge in [0.1, 0.15) is 0 Å². The van der Waals surface area contributed by atoms with Crippen molar-refractivity contribution in [3.05, 3.63) is 35.9 Å². The Kier molecular flexibility index (Phi) is 5.37. The number of aliphatic hydroxyl groups is 1. The Bertz CT molecular complexity index is 260. The second kappa shape index (κ2) is 6.59. The summed E-state index contributed by atoms with van der Waals surface area (Å²) >= 11 is 0. The van der Waals surface area contributed by atoms with Crippen LogP contribution < -0.4 is 5.73 Å². The summed E-state index contributed by atoms with van der Waals surface area (Å²) < 4.78 is 0. The predicted octanol–water partition coefficient (Wildman–Crippen LogP) is 2.11. The summed E-state index contributed by atoms with van der Waals surface area (Å²) in [7, 11) is 0. The highest BCUT2D eigenvalue weighted by Gasteiger charge is 2.14. The molecule has 0 saturated carbocycles. The predicted molar refractivity (Wildman–Crippen MR) is 63.7 cm³/mol. The number of benzene rings is 1. The molecule has 2 nitrogen and oxygen atoms in total. The summed E-state index contributed by atoms with van der Waals surface area (Å²) in [5, 5.41) is 9.79. The van der Waals surface area contributed by atoms with Crippen molar-refractivity contribution < 1.29 is 5.11 Å². The van der Waals surface area contributed by atoms with Gasteiger partial charge in [-0.15, -0.1) is 0 Å². The molecular formula is C13H21NO. The molecule has 2 heteroatoms. The topological polar surface area (TPSA) is 46.2 Å². The van der Waals surface area contributed by atoms with Crippen LogP contribution in [0.2, 0.25) is 0 Å². The van der Waals surface area contributed by atoms with Crippen LogP contribution in [-0.4, -0.2) is 17.3 Å². The quantitative estimate of drug-likeness (QED) is 0.750. The van der Waals surface area contributed by atoms with Gasteiger partial charge < -0.3 is 10.8 Å². The van der Waals surface area contributed by atoms with E-state index in [0.717, 1.165) is 25.7 Å². The molecule has 0 aliphatic carbocycles. The van der Waals surface area contributed by atoms with Crippen molar-refractivity contribution in [3.63, 3.8) is 0 Å². The van der Waals surface area contributed by atoms with E-state index in [1.54, 1.807) is 0 Å². The Hall–Kier alpha value is -0.860. The van der Waals surface area contributed by atoms with Crippen LogP contribution in [-0.2, 0) is 6.42 Å². The number of nitrogens with two attached hydrogens (primary N) is 1. The van der Waals surface area contributed by atoms with Gasteiger partial charge in [-0.1, -0.05) is 50.1 Å². The zero-order chi connectivity index (χ0) is 11.1. The van der Waals surface area contributed by atoms with Gasteiger partial charge >= 0.3 is 0 Å². The first-order valence-electron chi connectivity index (χ1n) is 5.71. The Morgan fingerprint density at radius 1 is 1.27 bits per heavy atom. The van der Waals surface area contributed by atoms with Gasteiger partial charge in [-0.2, -0.15) is 0 Å². The van der Waals surface area contributed by atoms with E-state index in [-0.39, 0.29) is 12.1 Å². The van der Waals surface area contributed by atoms with Crippen molar-refractivity contribution in [1.29, 1.82) is 0 Å². The third-order valence-corrected chi connectivity index (χ3v) is 2.66. The Morgan fingerprint density at radius 2 is 1.93 bits per heavy atom. The first kappa shape index (κ1) is 12.2. The largest absolute Gasteiger partial charge is 0.392 e. The van der Waals surface area contributed by atoms with Gasteiger partial charge in [-0.25, -0.2) is 0 Å². The average molecular weight is 207 g/mol. The fourth-order valence-corrected chi connectivity index (χ4v) is 1.65. The number of rotatable bonds is 6. The lowest BCUT2D eigenvalue weighted by Crippen LogP contribution is -2.36. The number of hydrogen-bond donors (Lipinski definition) is 2. The van der Waals surface area contributed by atoms with Crippen molar-refractivity contribution in [2.45, 2.75) is 44.8 Å². The number of hydrogen-bond acceptors (Lipinski definition) is 2. The summed E-state index contributed by atoms with van der Waals surface area (Å²) in [5.74, 6) is 0. The minimum absolute atomic E-state index is 0.140. The molecule has 0 fully saturated rings. The highest BCUT2D eigenvalue weighted by Crippen LogP contribution is 2.08. The maximum absolute atomic E-state index is 9.79. The van der Waals surface area contributed by atoms with Crippen LogP contribution in [0, 0.1) is 0 Å². The maximum atomic E-state index is 9.79. The van der Waals surface area contributed by atoms with Crippen LogP contribution in [0.15, 0.2) is 30.3 Å². The molecule has 84 valence electrons. The van der Waals surface area contributed by atoms with Crippen LogP contribution in [0.3, 0.4) is 0 Å². The number of aliphatic hydroxyl groups excluding tert-OH is 1. The first-order chi connectivity index (χ1) is 7.24. The maximum Gasteiger partial charge on any atom is 0.0694 e. The van der Waals surface area contributed by atoms with Crippen molar-refractivity contribution in [2.75, 3.05) is 0 Å². The van der Waals surface area contributed by atoms with Crippen molar-refractivity contribution in [2.24, 2.45) is 5.73 Å². The molecule has 0 unspecified atom stereocenters. The SMILES string of the molecule is CCCC[C@H](O)[C@@H](N)Cc1ccccc1. The molecule has 0 spiro atoms. The summed E-state index contributed by atoms with van der Waals surface area (Å²) in [5.41, 5.74) is 7.13. The van der Waals surface area contributed by atoms with E-state index in [4.69, 9.17) is 5.73 Å². The van der Waals surface area contributed by atoms with Gasteiger partial charge in [-0.3, -0.25) is 0 Å². The smallest absolute Gasteiger partial charge is 0.0694 e. The van der Waals surface area contributed by atoms with Gasteiger partial charge in [0, 0.05) is 6.04 Å². The summed E-state index contributed by atoms with van der Waals surface area (Å²) in [6.07, 6.45) is 3.35. The van der Waals surface area contributed by atoms with Gasteiger partial charge in [0.15, 0.2) is 0 Å². The molecule has 15 heavy (non-hydrogen) atoms. The summed E-state index contributed by atoms with van der Waals surface area (Å²) in [4.78, 5) is 0. The van der Waals surface area contributed by atoms with Gasteiger partial charge in [0.2, 0.25) is 0 Å². The lowest BCUT2D eigenvalue weighted by Gasteiger charge is -2.18. The molecular weight excluding hydrogens is 186 g/mol. The second-order valence-electron chi connectivity index (χ2n) is 4.06. The molecule has 3 N–H and O–H groups in total. The van der Waals surface area contributed by atoms with Crippen LogP contribution >= 0.6 is 0 Å². The summed E-state index contributed by atoms with van der Waals surface area (Å²) in [6.45, 7) is 2.12. The summed E-state index contributed by atoms with van der Waals surface area (Å²) in [6, 6.07) is 9.95. The van der Waals surface area contributed by atoms with Crippen molar-refractivity contribution in [3.8, 4) is 0 Å². The van der Waals surface area contributed by atoms with E-state index in [1.165, 1.54) is 5.56 Å². The zero-order valence-electron chi connectivity index (χ0n) is 9.39. The molecule has 0 bridgehead atoms. The highest BCUT2D eigenvalue weighted by molar-refractivity contribution is 5.16. The highest BCUT2D eigenvalue weighted by atomic mass is 16.3. The zero-order valence-corrected chi connectivity index (χ0v) is 9.39. The molecule has 1 aromatic carbocycles. The number of unbranched alkanes of at least 4 members (excludes halogenated alkanes) is 1. The molecule has 0 saturated heterocycles. The van der Waals surface area contributed by atoms with E-state index >= 15 is 0 Å². The lowest BCUT2D eigenvalue weighted by atomic mass is 9.99. The third-order valence-electron chi connectivity index (χ3n) is 2.66. The van der Waals surface area contributed by atoms with E-state index in [9.17, 15) is 5.11 Å². The van der Waals surface area contributed by atoms with Gasteiger partial charge in [0.25, 0.3) is 0 Å². The Labute approximate surface area is 92.1 Å². The van der Waals surface area contributed by atoms with Crippen molar-refractivity contribution >= 4 is 0 Å².